The fraction of sp³-hybridized carbons (Fsp3) is 0.0455. The molecule has 4 rings (SSSR count). The molecular weight excluding hydrogens is 433 g/mol. The van der Waals surface area contributed by atoms with Gasteiger partial charge in [-0.15, -0.1) is 0 Å². The molecule has 0 aliphatic heterocycles. The summed E-state index contributed by atoms with van der Waals surface area (Å²) >= 11 is 0. The van der Waals surface area contributed by atoms with Crippen LogP contribution in [0.5, 0.6) is 11.5 Å². The number of rotatable bonds is 4. The van der Waals surface area contributed by atoms with Gasteiger partial charge in [0.05, 0.1) is 16.6 Å². The van der Waals surface area contributed by atoms with Gasteiger partial charge in [-0.05, 0) is 30.3 Å². The molecule has 0 atom stereocenters. The molecule has 0 spiro atoms. The molecule has 10 heteroatoms. The van der Waals surface area contributed by atoms with Crippen molar-refractivity contribution in [2.24, 2.45) is 0 Å². The number of aromatic nitrogens is 2. The largest absolute Gasteiger partial charge is 0.454 e. The molecule has 3 aromatic carbocycles. The molecule has 1 N–H and O–H groups in total. The Labute approximate surface area is 177 Å². The predicted octanol–water partition coefficient (Wildman–Crippen LogP) is 5.97. The number of carbonyl (C=O) groups is 1. The molecule has 1 amide bonds. The van der Waals surface area contributed by atoms with Gasteiger partial charge < -0.3 is 10.1 Å². The lowest BCUT2D eigenvalue weighted by Crippen LogP contribution is -2.14. The Hall–Kier alpha value is -4.08. The zero-order valence-corrected chi connectivity index (χ0v) is 16.0. The fourth-order valence-corrected chi connectivity index (χ4v) is 2.88. The molecule has 0 bridgehead atoms. The maximum absolute atomic E-state index is 14.3. The normalized spacial score (nSPS) is 11.4. The van der Waals surface area contributed by atoms with Gasteiger partial charge in [-0.25, -0.2) is 4.39 Å². The zero-order valence-electron chi connectivity index (χ0n) is 16.0. The summed E-state index contributed by atoms with van der Waals surface area (Å²) in [5.41, 5.74) is -0.505. The number of ether oxygens (including phenoxy) is 1. The Bertz CT molecular complexity index is 1320. The fourth-order valence-electron chi connectivity index (χ4n) is 2.88. The van der Waals surface area contributed by atoms with E-state index in [0.29, 0.717) is 23.2 Å². The van der Waals surface area contributed by atoms with E-state index in [1.807, 2.05) is 0 Å². The van der Waals surface area contributed by atoms with Crippen LogP contribution in [0.15, 0.2) is 67.0 Å². The number of alkyl halides is 3. The first kappa shape index (κ1) is 21.2. The van der Waals surface area contributed by atoms with E-state index in [9.17, 15) is 26.7 Å². The monoisotopic (exact) mass is 445 g/mol. The Morgan fingerprint density at radius 2 is 1.66 bits per heavy atom. The third kappa shape index (κ3) is 4.48. The average molecular weight is 445 g/mol. The first-order valence-electron chi connectivity index (χ1n) is 9.07. The second-order valence-electron chi connectivity index (χ2n) is 6.61. The molecule has 0 unspecified atom stereocenters. The molecular formula is C22H12F5N3O2. The van der Waals surface area contributed by atoms with E-state index >= 15 is 0 Å². The lowest BCUT2D eigenvalue weighted by Gasteiger charge is -2.12. The van der Waals surface area contributed by atoms with Gasteiger partial charge in [-0.1, -0.05) is 6.07 Å². The van der Waals surface area contributed by atoms with Crippen LogP contribution in [-0.4, -0.2) is 15.9 Å². The molecule has 32 heavy (non-hydrogen) atoms. The van der Waals surface area contributed by atoms with E-state index in [1.165, 1.54) is 24.5 Å². The van der Waals surface area contributed by atoms with Gasteiger partial charge in [0.2, 0.25) is 5.82 Å². The summed E-state index contributed by atoms with van der Waals surface area (Å²) in [6.07, 6.45) is -1.69. The summed E-state index contributed by atoms with van der Waals surface area (Å²) in [7, 11) is 0. The SMILES string of the molecule is O=C(Nc1cc(F)c(F)c(Oc2ccc3nccnc3c2)c1)c1cccc(C(F)(F)F)c1. The molecule has 0 aliphatic rings. The summed E-state index contributed by atoms with van der Waals surface area (Å²) in [5.74, 6) is -3.96. The van der Waals surface area contributed by atoms with Crippen molar-refractivity contribution >= 4 is 22.6 Å². The van der Waals surface area contributed by atoms with Crippen molar-refractivity contribution in [3.8, 4) is 11.5 Å². The third-order valence-electron chi connectivity index (χ3n) is 4.37. The third-order valence-corrected chi connectivity index (χ3v) is 4.37. The Balaban J connectivity index is 1.60. The highest BCUT2D eigenvalue weighted by Crippen LogP contribution is 2.32. The summed E-state index contributed by atoms with van der Waals surface area (Å²) in [6, 6.07) is 9.93. The standard InChI is InChI=1S/C22H12F5N3O2/c23-16-9-14(30-21(31)12-2-1-3-13(8-12)22(25,26)27)10-19(20(16)24)32-15-4-5-17-18(11-15)29-7-6-28-17/h1-11H,(H,30,31). The number of hydrogen-bond acceptors (Lipinski definition) is 4. The lowest BCUT2D eigenvalue weighted by molar-refractivity contribution is -0.137. The minimum atomic E-state index is -4.64. The topological polar surface area (TPSA) is 64.1 Å². The molecule has 162 valence electrons. The van der Waals surface area contributed by atoms with Crippen LogP contribution >= 0.6 is 0 Å². The van der Waals surface area contributed by atoms with Gasteiger partial charge >= 0.3 is 6.18 Å². The highest BCUT2D eigenvalue weighted by atomic mass is 19.4. The number of carbonyl (C=O) groups excluding carboxylic acids is 1. The van der Waals surface area contributed by atoms with Gasteiger partial charge in [0.25, 0.3) is 5.91 Å². The van der Waals surface area contributed by atoms with E-state index in [1.54, 1.807) is 6.07 Å². The van der Waals surface area contributed by atoms with Gasteiger partial charge in [-0.2, -0.15) is 17.6 Å². The van der Waals surface area contributed by atoms with Crippen LogP contribution in [0.2, 0.25) is 0 Å². The minimum absolute atomic E-state index is 0.137. The molecule has 0 saturated carbocycles. The maximum atomic E-state index is 14.3. The number of nitrogens with zero attached hydrogens (tertiary/aromatic N) is 2. The molecule has 0 fully saturated rings. The summed E-state index contributed by atoms with van der Waals surface area (Å²) in [6.45, 7) is 0. The van der Waals surface area contributed by atoms with Crippen LogP contribution in [0, 0.1) is 11.6 Å². The van der Waals surface area contributed by atoms with Crippen molar-refractivity contribution in [1.29, 1.82) is 0 Å². The quantitative estimate of drug-likeness (QED) is 0.393. The average Bonchev–Trinajstić information content (AvgIpc) is 2.76. The van der Waals surface area contributed by atoms with Gasteiger partial charge in [0.15, 0.2) is 11.6 Å². The van der Waals surface area contributed by atoms with Crippen molar-refractivity contribution < 1.29 is 31.5 Å². The summed E-state index contributed by atoms with van der Waals surface area (Å²) in [4.78, 5) is 20.5. The van der Waals surface area contributed by atoms with Crippen LogP contribution in [-0.2, 0) is 6.18 Å². The first-order valence-corrected chi connectivity index (χ1v) is 9.07. The van der Waals surface area contributed by atoms with Crippen LogP contribution < -0.4 is 10.1 Å². The summed E-state index contributed by atoms with van der Waals surface area (Å²) in [5, 5.41) is 2.25. The van der Waals surface area contributed by atoms with Gasteiger partial charge in [0.1, 0.15) is 5.75 Å². The minimum Gasteiger partial charge on any atom is -0.454 e. The van der Waals surface area contributed by atoms with Crippen LogP contribution in [0.3, 0.4) is 0 Å². The molecule has 0 aliphatic carbocycles. The second kappa shape index (κ2) is 8.22. The molecule has 1 heterocycles. The predicted molar refractivity (Wildman–Crippen MR) is 105 cm³/mol. The van der Waals surface area contributed by atoms with Crippen molar-refractivity contribution in [3.05, 3.63) is 89.8 Å². The highest BCUT2D eigenvalue weighted by Gasteiger charge is 2.31. The molecule has 1 aromatic heterocycles. The molecule has 0 saturated heterocycles. The van der Waals surface area contributed by atoms with Crippen LogP contribution in [0.1, 0.15) is 15.9 Å². The smallest absolute Gasteiger partial charge is 0.416 e. The van der Waals surface area contributed by atoms with Crippen molar-refractivity contribution in [2.45, 2.75) is 6.18 Å². The Morgan fingerprint density at radius 1 is 0.906 bits per heavy atom. The van der Waals surface area contributed by atoms with E-state index in [-0.39, 0.29) is 17.0 Å². The van der Waals surface area contributed by atoms with Crippen LogP contribution in [0.4, 0.5) is 27.6 Å². The zero-order chi connectivity index (χ0) is 22.9. The number of benzene rings is 3. The van der Waals surface area contributed by atoms with Crippen molar-refractivity contribution in [2.75, 3.05) is 5.32 Å². The van der Waals surface area contributed by atoms with Crippen molar-refractivity contribution in [1.82, 2.24) is 9.97 Å². The molecule has 0 radical (unpaired) electrons. The van der Waals surface area contributed by atoms with Gasteiger partial charge in [0, 0.05) is 41.8 Å². The lowest BCUT2D eigenvalue weighted by atomic mass is 10.1. The van der Waals surface area contributed by atoms with E-state index in [4.69, 9.17) is 4.74 Å². The van der Waals surface area contributed by atoms with Crippen LogP contribution in [0.25, 0.3) is 11.0 Å². The Morgan fingerprint density at radius 3 is 2.41 bits per heavy atom. The number of hydrogen-bond donors (Lipinski definition) is 1. The number of fused-ring (bicyclic) bond motifs is 1. The van der Waals surface area contributed by atoms with E-state index in [2.05, 4.69) is 15.3 Å². The second-order valence-corrected chi connectivity index (χ2v) is 6.61. The first-order chi connectivity index (χ1) is 15.2. The number of halogens is 5. The number of nitrogens with one attached hydrogen (secondary N) is 1. The maximum Gasteiger partial charge on any atom is 0.416 e. The van der Waals surface area contributed by atoms with E-state index in [0.717, 1.165) is 24.3 Å². The number of anilines is 1. The molecule has 5 nitrogen and oxygen atoms in total. The van der Waals surface area contributed by atoms with Crippen molar-refractivity contribution in [3.63, 3.8) is 0 Å². The highest BCUT2D eigenvalue weighted by molar-refractivity contribution is 6.04. The summed E-state index contributed by atoms with van der Waals surface area (Å²) < 4.78 is 72.4. The molecule has 4 aromatic rings. The van der Waals surface area contributed by atoms with E-state index < -0.39 is 35.0 Å². The Kier molecular flexibility index (Phi) is 5.43. The van der Waals surface area contributed by atoms with Gasteiger partial charge in [-0.3, -0.25) is 14.8 Å². The number of amides is 1.